The van der Waals surface area contributed by atoms with E-state index in [1.807, 2.05) is 18.2 Å². The molecular weight excluding hydrogens is 312 g/mol. The topological polar surface area (TPSA) is 64.3 Å². The number of amides is 1. The fourth-order valence-electron chi connectivity index (χ4n) is 3.04. The molecule has 1 aromatic carbocycles. The molecule has 1 saturated carbocycles. The van der Waals surface area contributed by atoms with Crippen molar-refractivity contribution in [2.24, 2.45) is 11.7 Å². The molecule has 0 radical (unpaired) electrons. The van der Waals surface area contributed by atoms with Crippen LogP contribution in [0.3, 0.4) is 0 Å². The molecule has 1 amide bonds. The Labute approximate surface area is 145 Å². The van der Waals surface area contributed by atoms with Gasteiger partial charge in [-0.3, -0.25) is 4.79 Å². The van der Waals surface area contributed by atoms with Crippen molar-refractivity contribution in [3.63, 3.8) is 0 Å². The zero-order valence-corrected chi connectivity index (χ0v) is 14.9. The summed E-state index contributed by atoms with van der Waals surface area (Å²) in [5.74, 6) is 1.55. The zero-order chi connectivity index (χ0) is 15.9. The van der Waals surface area contributed by atoms with Crippen molar-refractivity contribution in [3.8, 4) is 5.75 Å². The molecule has 3 N–H and O–H groups in total. The van der Waals surface area contributed by atoms with Gasteiger partial charge in [0.05, 0.1) is 0 Å². The lowest BCUT2D eigenvalue weighted by molar-refractivity contribution is -0.124. The first-order valence-corrected chi connectivity index (χ1v) is 8.32. The molecule has 1 aliphatic carbocycles. The molecule has 5 heteroatoms. The van der Waals surface area contributed by atoms with Gasteiger partial charge in [0.25, 0.3) is 5.91 Å². The summed E-state index contributed by atoms with van der Waals surface area (Å²) in [6.45, 7) is 4.99. The van der Waals surface area contributed by atoms with Crippen molar-refractivity contribution in [3.05, 3.63) is 29.8 Å². The molecule has 1 fully saturated rings. The molecule has 2 unspecified atom stereocenters. The average molecular weight is 341 g/mol. The van der Waals surface area contributed by atoms with E-state index in [1.165, 1.54) is 18.4 Å². The number of benzene rings is 1. The van der Waals surface area contributed by atoms with E-state index in [9.17, 15) is 4.79 Å². The monoisotopic (exact) mass is 340 g/mol. The number of nitrogens with two attached hydrogens (primary N) is 1. The Morgan fingerprint density at radius 1 is 1.35 bits per heavy atom. The molecule has 0 saturated heterocycles. The summed E-state index contributed by atoms with van der Waals surface area (Å²) in [5, 5.41) is 3.08. The van der Waals surface area contributed by atoms with Gasteiger partial charge >= 0.3 is 0 Å². The molecule has 0 aromatic heterocycles. The van der Waals surface area contributed by atoms with Crippen LogP contribution >= 0.6 is 12.4 Å². The SMILES string of the molecule is CC(C)c1cccc(OCC(=O)NC2CCCCC2CN)c1.Cl. The number of nitrogens with one attached hydrogen (secondary N) is 1. The number of carbonyl (C=O) groups is 1. The van der Waals surface area contributed by atoms with Crippen LogP contribution in [0.4, 0.5) is 0 Å². The van der Waals surface area contributed by atoms with E-state index < -0.39 is 0 Å². The van der Waals surface area contributed by atoms with Crippen LogP contribution in [0.2, 0.25) is 0 Å². The lowest BCUT2D eigenvalue weighted by Crippen LogP contribution is -2.46. The summed E-state index contributed by atoms with van der Waals surface area (Å²) in [5.41, 5.74) is 7.01. The van der Waals surface area contributed by atoms with Gasteiger partial charge in [-0.05, 0) is 48.9 Å². The van der Waals surface area contributed by atoms with Crippen LogP contribution < -0.4 is 15.8 Å². The molecule has 0 aliphatic heterocycles. The number of carbonyl (C=O) groups excluding carboxylic acids is 1. The lowest BCUT2D eigenvalue weighted by Gasteiger charge is -2.31. The number of hydrogen-bond donors (Lipinski definition) is 2. The Kier molecular flexibility index (Phi) is 8.42. The molecule has 23 heavy (non-hydrogen) atoms. The van der Waals surface area contributed by atoms with Crippen LogP contribution in [-0.4, -0.2) is 25.1 Å². The minimum absolute atomic E-state index is 0. The average Bonchev–Trinajstić information content (AvgIpc) is 2.53. The van der Waals surface area contributed by atoms with E-state index in [0.717, 1.165) is 18.6 Å². The molecule has 1 aromatic rings. The van der Waals surface area contributed by atoms with E-state index >= 15 is 0 Å². The van der Waals surface area contributed by atoms with Crippen molar-refractivity contribution in [1.82, 2.24) is 5.32 Å². The number of rotatable bonds is 6. The quantitative estimate of drug-likeness (QED) is 0.835. The third-order valence-electron chi connectivity index (χ3n) is 4.45. The first kappa shape index (κ1) is 19.8. The Morgan fingerprint density at radius 2 is 2.09 bits per heavy atom. The third-order valence-corrected chi connectivity index (χ3v) is 4.45. The van der Waals surface area contributed by atoms with Gasteiger partial charge in [-0.2, -0.15) is 0 Å². The highest BCUT2D eigenvalue weighted by atomic mass is 35.5. The van der Waals surface area contributed by atoms with Crippen molar-refractivity contribution < 1.29 is 9.53 Å². The minimum atomic E-state index is -0.0553. The minimum Gasteiger partial charge on any atom is -0.484 e. The van der Waals surface area contributed by atoms with E-state index in [4.69, 9.17) is 10.5 Å². The molecule has 2 rings (SSSR count). The van der Waals surface area contributed by atoms with Crippen LogP contribution in [0.1, 0.15) is 51.0 Å². The van der Waals surface area contributed by atoms with Gasteiger partial charge in [0.15, 0.2) is 6.61 Å². The highest BCUT2D eigenvalue weighted by Crippen LogP contribution is 2.23. The summed E-state index contributed by atoms with van der Waals surface area (Å²) < 4.78 is 5.63. The Bertz CT molecular complexity index is 494. The van der Waals surface area contributed by atoms with Gasteiger partial charge in [-0.15, -0.1) is 12.4 Å². The van der Waals surface area contributed by atoms with Crippen LogP contribution in [0.15, 0.2) is 24.3 Å². The molecule has 130 valence electrons. The summed E-state index contributed by atoms with van der Waals surface area (Å²) >= 11 is 0. The van der Waals surface area contributed by atoms with E-state index in [0.29, 0.717) is 18.4 Å². The fraction of sp³-hybridized carbons (Fsp3) is 0.611. The highest BCUT2D eigenvalue weighted by molar-refractivity contribution is 5.85. The van der Waals surface area contributed by atoms with Gasteiger partial charge < -0.3 is 15.8 Å². The molecule has 0 heterocycles. The lowest BCUT2D eigenvalue weighted by atomic mass is 9.84. The Morgan fingerprint density at radius 3 is 2.78 bits per heavy atom. The second-order valence-corrected chi connectivity index (χ2v) is 6.47. The normalized spacial score (nSPS) is 20.7. The first-order chi connectivity index (χ1) is 10.6. The molecule has 4 nitrogen and oxygen atoms in total. The van der Waals surface area contributed by atoms with Gasteiger partial charge in [0.1, 0.15) is 5.75 Å². The predicted octanol–water partition coefficient (Wildman–Crippen LogP) is 3.24. The van der Waals surface area contributed by atoms with Gasteiger partial charge in [0.2, 0.25) is 0 Å². The smallest absolute Gasteiger partial charge is 0.258 e. The zero-order valence-electron chi connectivity index (χ0n) is 14.1. The van der Waals surface area contributed by atoms with Crippen molar-refractivity contribution >= 4 is 18.3 Å². The maximum absolute atomic E-state index is 12.1. The molecule has 0 bridgehead atoms. The highest BCUT2D eigenvalue weighted by Gasteiger charge is 2.25. The summed E-state index contributed by atoms with van der Waals surface area (Å²) in [7, 11) is 0. The first-order valence-electron chi connectivity index (χ1n) is 8.32. The number of hydrogen-bond acceptors (Lipinski definition) is 3. The molecule has 1 aliphatic rings. The van der Waals surface area contributed by atoms with E-state index in [-0.39, 0.29) is 31.0 Å². The summed E-state index contributed by atoms with van der Waals surface area (Å²) in [6, 6.07) is 8.14. The predicted molar refractivity (Wildman–Crippen MR) is 96.2 cm³/mol. The van der Waals surface area contributed by atoms with E-state index in [2.05, 4.69) is 25.2 Å². The number of halogens is 1. The summed E-state index contributed by atoms with van der Waals surface area (Å²) in [4.78, 5) is 12.1. The van der Waals surface area contributed by atoms with Crippen molar-refractivity contribution in [2.45, 2.75) is 51.5 Å². The molecule has 0 spiro atoms. The third kappa shape index (κ3) is 6.04. The van der Waals surface area contributed by atoms with E-state index in [1.54, 1.807) is 0 Å². The van der Waals surface area contributed by atoms with Crippen LogP contribution in [0.5, 0.6) is 5.75 Å². The van der Waals surface area contributed by atoms with Crippen LogP contribution in [-0.2, 0) is 4.79 Å². The maximum atomic E-state index is 12.1. The summed E-state index contributed by atoms with van der Waals surface area (Å²) in [6.07, 6.45) is 4.51. The largest absolute Gasteiger partial charge is 0.484 e. The Balaban J connectivity index is 0.00000264. The van der Waals surface area contributed by atoms with Crippen molar-refractivity contribution in [1.29, 1.82) is 0 Å². The Hall–Kier alpha value is -1.26. The number of ether oxygens (including phenoxy) is 1. The van der Waals surface area contributed by atoms with Gasteiger partial charge in [0, 0.05) is 6.04 Å². The molecular formula is C18H29ClN2O2. The second kappa shape index (κ2) is 9.78. The van der Waals surface area contributed by atoms with Crippen LogP contribution in [0.25, 0.3) is 0 Å². The van der Waals surface area contributed by atoms with Gasteiger partial charge in [-0.25, -0.2) is 0 Å². The fourth-order valence-corrected chi connectivity index (χ4v) is 3.04. The molecule has 2 atom stereocenters. The van der Waals surface area contributed by atoms with Crippen LogP contribution in [0, 0.1) is 5.92 Å². The van der Waals surface area contributed by atoms with Crippen molar-refractivity contribution in [2.75, 3.05) is 13.2 Å². The van der Waals surface area contributed by atoms with Gasteiger partial charge in [-0.1, -0.05) is 38.8 Å². The standard InChI is InChI=1S/C18H28N2O2.ClH/c1-13(2)14-7-5-8-16(10-14)22-12-18(21)20-17-9-4-3-6-15(17)11-19;/h5,7-8,10,13,15,17H,3-4,6,9,11-12,19H2,1-2H3,(H,20,21);1H. The maximum Gasteiger partial charge on any atom is 0.258 e. The second-order valence-electron chi connectivity index (χ2n) is 6.47.